The number of hydrogen-bond acceptors (Lipinski definition) is 9. The lowest BCUT2D eigenvalue weighted by molar-refractivity contribution is -0.576. The fraction of sp³-hybridized carbons (Fsp3) is 0.826. The van der Waals surface area contributed by atoms with Crippen molar-refractivity contribution < 1.29 is 53.4 Å². The Morgan fingerprint density at radius 1 is 1.06 bits per heavy atom. The number of carbonyl (C=O) groups is 4. The van der Waals surface area contributed by atoms with Crippen LogP contribution in [0.1, 0.15) is 65.7 Å². The van der Waals surface area contributed by atoms with Gasteiger partial charge in [-0.2, -0.15) is 0 Å². The molecule has 0 aromatic heterocycles. The van der Waals surface area contributed by atoms with Crippen LogP contribution in [-0.4, -0.2) is 64.0 Å². The van der Waals surface area contributed by atoms with E-state index in [1.54, 1.807) is 6.92 Å². The minimum Gasteiger partial charge on any atom is -0.481 e. The fourth-order valence-electron chi connectivity index (χ4n) is 6.05. The molecule has 4 heterocycles. The van der Waals surface area contributed by atoms with E-state index in [2.05, 4.69) is 12.2 Å². The quantitative estimate of drug-likeness (QED) is 0.327. The van der Waals surface area contributed by atoms with Crippen molar-refractivity contribution in [1.29, 1.82) is 0 Å². The molecule has 2 bridgehead atoms. The molecule has 1 spiro atoms. The van der Waals surface area contributed by atoms with E-state index in [9.17, 15) is 19.2 Å². The Morgan fingerprint density at radius 2 is 1.80 bits per heavy atom. The number of aliphatic carboxylic acids is 2. The summed E-state index contributed by atoms with van der Waals surface area (Å²) in [5, 5.41) is 19.9. The molecule has 1 amide bonds. The van der Waals surface area contributed by atoms with Gasteiger partial charge in [0.1, 0.15) is 6.04 Å². The average Bonchev–Trinajstić information content (AvgIpc) is 3.01. The van der Waals surface area contributed by atoms with Crippen LogP contribution in [-0.2, 0) is 43.2 Å². The number of amides is 1. The van der Waals surface area contributed by atoms with Gasteiger partial charge in [0.15, 0.2) is 11.9 Å². The van der Waals surface area contributed by atoms with Gasteiger partial charge in [0.2, 0.25) is 18.0 Å². The van der Waals surface area contributed by atoms with Crippen molar-refractivity contribution in [3.05, 3.63) is 0 Å². The van der Waals surface area contributed by atoms with Crippen molar-refractivity contribution in [1.82, 2.24) is 5.32 Å². The van der Waals surface area contributed by atoms with E-state index < -0.39 is 60.2 Å². The highest BCUT2D eigenvalue weighted by Gasteiger charge is 2.69. The van der Waals surface area contributed by atoms with Gasteiger partial charge in [-0.15, -0.1) is 0 Å². The molecule has 0 unspecified atom stereocenters. The van der Waals surface area contributed by atoms with Gasteiger partial charge in [-0.1, -0.05) is 13.8 Å². The van der Waals surface area contributed by atoms with Gasteiger partial charge in [-0.05, 0) is 38.0 Å². The zero-order valence-corrected chi connectivity index (χ0v) is 20.1. The van der Waals surface area contributed by atoms with E-state index in [1.165, 1.54) is 0 Å². The number of hydrogen-bond donors (Lipinski definition) is 3. The lowest BCUT2D eigenvalue weighted by Gasteiger charge is -2.59. The van der Waals surface area contributed by atoms with Gasteiger partial charge in [0.05, 0.1) is 12.8 Å². The van der Waals surface area contributed by atoms with E-state index in [0.717, 1.165) is 19.3 Å². The topological polar surface area (TPSA) is 167 Å². The van der Waals surface area contributed by atoms with Gasteiger partial charge < -0.3 is 29.7 Å². The molecule has 12 nitrogen and oxygen atoms in total. The smallest absolute Gasteiger partial charge is 0.326 e. The van der Waals surface area contributed by atoms with Crippen LogP contribution in [0, 0.1) is 23.7 Å². The number of fused-ring (bicyclic) bond motifs is 2. The van der Waals surface area contributed by atoms with Crippen molar-refractivity contribution in [3.63, 3.8) is 0 Å². The summed E-state index contributed by atoms with van der Waals surface area (Å²) >= 11 is 0. The number of ether oxygens (including phenoxy) is 3. The Hall–Kier alpha value is -2.28. The van der Waals surface area contributed by atoms with Crippen molar-refractivity contribution >= 4 is 23.8 Å². The van der Waals surface area contributed by atoms with Crippen molar-refractivity contribution in [2.75, 3.05) is 0 Å². The van der Waals surface area contributed by atoms with E-state index in [1.807, 2.05) is 6.92 Å². The molecule has 9 atom stereocenters. The fourth-order valence-corrected chi connectivity index (χ4v) is 6.05. The lowest BCUT2D eigenvalue weighted by atomic mass is 9.58. The van der Waals surface area contributed by atoms with Crippen LogP contribution in [0.25, 0.3) is 0 Å². The minimum absolute atomic E-state index is 0.0291. The first-order valence-corrected chi connectivity index (χ1v) is 12.1. The third-order valence-electron chi connectivity index (χ3n) is 7.91. The molecule has 5 rings (SSSR count). The van der Waals surface area contributed by atoms with Crippen LogP contribution in [0.3, 0.4) is 0 Å². The molecule has 3 N–H and O–H groups in total. The third kappa shape index (κ3) is 4.89. The van der Waals surface area contributed by atoms with Gasteiger partial charge in [-0.25, -0.2) is 14.6 Å². The standard InChI is InChI=1S/C23H33NO11/c1-11-4-5-14-12(2)20(32-21-23(14)13(11)8-9-22(3,33-21)34-35-23)31-18(28)7-6-16(25)24-15(19(29)30)10-17(26)27/h11-15,20-21H,4-10H2,1-3H3,(H,24,25)(H,26,27)(H,29,30)/t11-,12-,13+,14+,15+,20-,21-,22+,23+/m1/s1. The second-order valence-corrected chi connectivity index (χ2v) is 10.3. The number of esters is 1. The Kier molecular flexibility index (Phi) is 7.11. The molecule has 35 heavy (non-hydrogen) atoms. The first-order valence-electron chi connectivity index (χ1n) is 12.1. The molecular weight excluding hydrogens is 466 g/mol. The van der Waals surface area contributed by atoms with Crippen LogP contribution < -0.4 is 5.32 Å². The van der Waals surface area contributed by atoms with E-state index in [-0.39, 0.29) is 30.6 Å². The van der Waals surface area contributed by atoms with Crippen LogP contribution in [0.2, 0.25) is 0 Å². The van der Waals surface area contributed by atoms with Crippen LogP contribution in [0.4, 0.5) is 0 Å². The molecule has 12 heteroatoms. The second-order valence-electron chi connectivity index (χ2n) is 10.3. The molecule has 0 radical (unpaired) electrons. The monoisotopic (exact) mass is 499 g/mol. The lowest BCUT2D eigenvalue weighted by Crippen LogP contribution is -2.70. The first kappa shape index (κ1) is 25.8. The summed E-state index contributed by atoms with van der Waals surface area (Å²) in [4.78, 5) is 58.3. The first-order chi connectivity index (χ1) is 16.4. The summed E-state index contributed by atoms with van der Waals surface area (Å²) in [6, 6.07) is -1.58. The number of nitrogens with one attached hydrogen (secondary N) is 1. The van der Waals surface area contributed by atoms with Crippen molar-refractivity contribution in [3.8, 4) is 0 Å². The molecule has 0 aromatic carbocycles. The summed E-state index contributed by atoms with van der Waals surface area (Å²) in [6.07, 6.45) is 0.226. The molecule has 5 fully saturated rings. The molecule has 4 aliphatic heterocycles. The molecule has 5 aliphatic rings. The van der Waals surface area contributed by atoms with E-state index in [0.29, 0.717) is 12.3 Å². The number of carbonyl (C=O) groups excluding carboxylic acids is 2. The van der Waals surface area contributed by atoms with Crippen molar-refractivity contribution in [2.45, 2.75) is 95.7 Å². The molecular formula is C23H33NO11. The third-order valence-corrected chi connectivity index (χ3v) is 7.91. The van der Waals surface area contributed by atoms with Gasteiger partial charge >= 0.3 is 17.9 Å². The van der Waals surface area contributed by atoms with Crippen molar-refractivity contribution in [2.24, 2.45) is 23.7 Å². The molecule has 196 valence electrons. The van der Waals surface area contributed by atoms with Gasteiger partial charge in [0, 0.05) is 24.7 Å². The van der Waals surface area contributed by atoms with Gasteiger partial charge in [0.25, 0.3) is 0 Å². The zero-order chi connectivity index (χ0) is 25.5. The zero-order valence-electron chi connectivity index (χ0n) is 20.1. The number of rotatable bonds is 8. The number of carboxylic acids is 2. The maximum absolute atomic E-state index is 12.5. The predicted molar refractivity (Wildman–Crippen MR) is 114 cm³/mol. The Morgan fingerprint density at radius 3 is 2.49 bits per heavy atom. The normalized spacial score (nSPS) is 40.7. The largest absolute Gasteiger partial charge is 0.481 e. The summed E-state index contributed by atoms with van der Waals surface area (Å²) in [6.45, 7) is 5.93. The highest BCUT2D eigenvalue weighted by Crippen LogP contribution is 2.60. The summed E-state index contributed by atoms with van der Waals surface area (Å²) < 4.78 is 18.0. The molecule has 0 aromatic rings. The second kappa shape index (κ2) is 9.64. The molecule has 1 saturated carbocycles. The van der Waals surface area contributed by atoms with Crippen LogP contribution in [0.5, 0.6) is 0 Å². The van der Waals surface area contributed by atoms with Gasteiger partial charge in [-0.3, -0.25) is 14.4 Å². The Bertz CT molecular complexity index is 880. The maximum atomic E-state index is 12.5. The van der Waals surface area contributed by atoms with Crippen LogP contribution in [0.15, 0.2) is 0 Å². The predicted octanol–water partition coefficient (Wildman–Crippen LogP) is 1.56. The highest BCUT2D eigenvalue weighted by molar-refractivity contribution is 5.88. The summed E-state index contributed by atoms with van der Waals surface area (Å²) in [5.74, 6) is -4.94. The Balaban J connectivity index is 1.38. The average molecular weight is 500 g/mol. The summed E-state index contributed by atoms with van der Waals surface area (Å²) in [5.41, 5.74) is -0.786. The Labute approximate surface area is 202 Å². The summed E-state index contributed by atoms with van der Waals surface area (Å²) in [7, 11) is 0. The molecule has 1 aliphatic carbocycles. The van der Waals surface area contributed by atoms with E-state index in [4.69, 9.17) is 34.2 Å². The number of carboxylic acid groups (broad SMARTS) is 2. The highest BCUT2D eigenvalue weighted by atomic mass is 17.3. The molecule has 4 saturated heterocycles. The minimum atomic E-state index is -1.58. The SMILES string of the molecule is C[C@H]1[C@H](OC(=O)CCC(=O)N[C@@H](CC(=O)O)C(=O)O)O[C@@H]2O[C@]3(C)CC[C@H]4[C@H](C)CC[C@@H]1[C@]24OO3. The maximum Gasteiger partial charge on any atom is 0.326 e. The van der Waals surface area contributed by atoms with E-state index >= 15 is 0 Å². The van der Waals surface area contributed by atoms with Crippen LogP contribution >= 0.6 is 0 Å².